The zero-order valence-corrected chi connectivity index (χ0v) is 16.2. The fraction of sp³-hybridized carbons (Fsp3) is 0.375. The van der Waals surface area contributed by atoms with Crippen molar-refractivity contribution in [1.82, 2.24) is 15.2 Å². The first kappa shape index (κ1) is 17.5. The molecule has 4 nitrogen and oxygen atoms in total. The summed E-state index contributed by atoms with van der Waals surface area (Å²) < 4.78 is 0. The van der Waals surface area contributed by atoms with Crippen molar-refractivity contribution < 1.29 is 4.79 Å². The molecular formula is C24H27N3O. The van der Waals surface area contributed by atoms with Crippen LogP contribution in [0.2, 0.25) is 0 Å². The molecule has 0 atom stereocenters. The molecule has 2 aromatic carbocycles. The van der Waals surface area contributed by atoms with Crippen LogP contribution in [0.5, 0.6) is 0 Å². The smallest absolute Gasteiger partial charge is 0.251 e. The molecule has 1 aliphatic heterocycles. The van der Waals surface area contributed by atoms with Crippen molar-refractivity contribution in [3.05, 3.63) is 70.9 Å². The van der Waals surface area contributed by atoms with E-state index in [4.69, 9.17) is 0 Å². The van der Waals surface area contributed by atoms with E-state index in [1.54, 1.807) is 0 Å². The van der Waals surface area contributed by atoms with Crippen molar-refractivity contribution in [2.24, 2.45) is 0 Å². The third-order valence-corrected chi connectivity index (χ3v) is 6.42. The molecule has 0 bridgehead atoms. The van der Waals surface area contributed by atoms with Crippen LogP contribution < -0.4 is 5.32 Å². The molecule has 0 radical (unpaired) electrons. The van der Waals surface area contributed by atoms with Gasteiger partial charge in [0.25, 0.3) is 5.91 Å². The van der Waals surface area contributed by atoms with Crippen LogP contribution in [0.15, 0.2) is 48.5 Å². The molecule has 28 heavy (non-hydrogen) atoms. The van der Waals surface area contributed by atoms with Gasteiger partial charge in [-0.25, -0.2) is 0 Å². The molecular weight excluding hydrogens is 346 g/mol. The van der Waals surface area contributed by atoms with Gasteiger partial charge in [0.15, 0.2) is 0 Å². The fourth-order valence-electron chi connectivity index (χ4n) is 4.51. The predicted molar refractivity (Wildman–Crippen MR) is 113 cm³/mol. The van der Waals surface area contributed by atoms with Gasteiger partial charge in [-0.2, -0.15) is 0 Å². The number of H-pyrrole nitrogens is 1. The number of aromatic nitrogens is 1. The normalized spacial score (nSPS) is 17.7. The molecule has 1 aliphatic carbocycles. The third kappa shape index (κ3) is 3.45. The summed E-state index contributed by atoms with van der Waals surface area (Å²) in [6.45, 7) is 2.79. The lowest BCUT2D eigenvalue weighted by Gasteiger charge is -2.36. The molecule has 2 aliphatic rings. The molecule has 2 heterocycles. The van der Waals surface area contributed by atoms with Gasteiger partial charge in [0.1, 0.15) is 0 Å². The number of benzene rings is 2. The summed E-state index contributed by atoms with van der Waals surface area (Å²) in [6, 6.07) is 17.3. The Balaban J connectivity index is 1.25. The Morgan fingerprint density at radius 3 is 2.64 bits per heavy atom. The summed E-state index contributed by atoms with van der Waals surface area (Å²) in [4.78, 5) is 18.7. The Morgan fingerprint density at radius 2 is 1.86 bits per heavy atom. The maximum atomic E-state index is 12.7. The molecule has 1 saturated carbocycles. The van der Waals surface area contributed by atoms with Gasteiger partial charge in [0.2, 0.25) is 0 Å². The summed E-state index contributed by atoms with van der Waals surface area (Å²) in [7, 11) is 0. The Hall–Kier alpha value is -2.59. The number of hydrogen-bond acceptors (Lipinski definition) is 2. The van der Waals surface area contributed by atoms with Gasteiger partial charge in [-0.05, 0) is 66.5 Å². The average molecular weight is 374 g/mol. The largest absolute Gasteiger partial charge is 0.357 e. The van der Waals surface area contributed by atoms with Gasteiger partial charge in [-0.15, -0.1) is 0 Å². The minimum absolute atomic E-state index is 0.00144. The van der Waals surface area contributed by atoms with E-state index in [1.165, 1.54) is 35.8 Å². The van der Waals surface area contributed by atoms with E-state index < -0.39 is 0 Å². The Morgan fingerprint density at radius 1 is 1.04 bits per heavy atom. The number of nitrogens with one attached hydrogen (secondary N) is 2. The van der Waals surface area contributed by atoms with Crippen molar-refractivity contribution in [1.29, 1.82) is 0 Å². The lowest BCUT2D eigenvalue weighted by molar-refractivity contribution is 0.0950. The van der Waals surface area contributed by atoms with Crippen LogP contribution in [0.4, 0.5) is 0 Å². The fourth-order valence-corrected chi connectivity index (χ4v) is 4.51. The second-order valence-corrected chi connectivity index (χ2v) is 8.17. The molecule has 0 spiro atoms. The number of fused-ring (bicyclic) bond motifs is 2. The van der Waals surface area contributed by atoms with Crippen LogP contribution in [0.25, 0.3) is 10.9 Å². The van der Waals surface area contributed by atoms with Crippen LogP contribution in [0.1, 0.15) is 46.4 Å². The van der Waals surface area contributed by atoms with E-state index in [0.717, 1.165) is 48.7 Å². The highest BCUT2D eigenvalue weighted by atomic mass is 16.1. The number of rotatable bonds is 4. The van der Waals surface area contributed by atoms with E-state index in [1.807, 2.05) is 18.2 Å². The minimum Gasteiger partial charge on any atom is -0.357 e. The van der Waals surface area contributed by atoms with Gasteiger partial charge in [0, 0.05) is 35.9 Å². The standard InChI is InChI=1S/C24H27N3O/c28-24(25-16-21-15-19-4-1-2-7-23(19)26-21)20-9-8-17-10-12-27(22-5-3-6-22)13-11-18(17)14-20/h1-2,4,7-9,14-15,22,26H,3,5-6,10-13,16H2,(H,25,28). The highest BCUT2D eigenvalue weighted by molar-refractivity contribution is 5.94. The van der Waals surface area contributed by atoms with Crippen molar-refractivity contribution in [2.45, 2.75) is 44.7 Å². The minimum atomic E-state index is 0.00144. The Bertz CT molecular complexity index is 969. The molecule has 144 valence electrons. The Kier molecular flexibility index (Phi) is 4.65. The number of hydrogen-bond donors (Lipinski definition) is 2. The van der Waals surface area contributed by atoms with Crippen LogP contribution in [-0.4, -0.2) is 34.9 Å². The first-order chi connectivity index (χ1) is 13.8. The molecule has 1 aromatic heterocycles. The Labute approximate surface area is 165 Å². The predicted octanol–water partition coefficient (Wildman–Crippen LogP) is 4.05. The molecule has 0 saturated heterocycles. The van der Waals surface area contributed by atoms with Crippen LogP contribution >= 0.6 is 0 Å². The molecule has 3 aromatic rings. The van der Waals surface area contributed by atoms with Gasteiger partial charge in [-0.3, -0.25) is 9.69 Å². The lowest BCUT2D eigenvalue weighted by atomic mass is 9.91. The zero-order valence-electron chi connectivity index (χ0n) is 16.2. The highest BCUT2D eigenvalue weighted by Gasteiger charge is 2.26. The van der Waals surface area contributed by atoms with Crippen LogP contribution in [-0.2, 0) is 19.4 Å². The van der Waals surface area contributed by atoms with Crippen LogP contribution in [0.3, 0.4) is 0 Å². The van der Waals surface area contributed by atoms with Gasteiger partial charge in [-0.1, -0.05) is 30.7 Å². The molecule has 5 rings (SSSR count). The number of carbonyl (C=O) groups is 1. The molecule has 4 heteroatoms. The SMILES string of the molecule is O=C(NCc1cc2ccccc2[nH]1)c1ccc2c(c1)CCN(C1CCC1)CC2. The molecule has 2 N–H and O–H groups in total. The quantitative estimate of drug-likeness (QED) is 0.725. The number of amides is 1. The number of nitrogens with zero attached hydrogens (tertiary/aromatic N) is 1. The van der Waals surface area contributed by atoms with Crippen molar-refractivity contribution in [3.8, 4) is 0 Å². The van der Waals surface area contributed by atoms with E-state index in [-0.39, 0.29) is 5.91 Å². The number of carbonyl (C=O) groups excluding carboxylic acids is 1. The van der Waals surface area contributed by atoms with Gasteiger partial charge >= 0.3 is 0 Å². The molecule has 1 amide bonds. The van der Waals surface area contributed by atoms with E-state index in [0.29, 0.717) is 6.54 Å². The summed E-state index contributed by atoms with van der Waals surface area (Å²) in [5.74, 6) is 0.00144. The van der Waals surface area contributed by atoms with Crippen molar-refractivity contribution in [3.63, 3.8) is 0 Å². The zero-order chi connectivity index (χ0) is 18.9. The van der Waals surface area contributed by atoms with Gasteiger partial charge in [0.05, 0.1) is 6.54 Å². The average Bonchev–Trinajstić information content (AvgIpc) is 2.99. The molecule has 0 unspecified atom stereocenters. The number of para-hydroxylation sites is 1. The van der Waals surface area contributed by atoms with Crippen molar-refractivity contribution >= 4 is 16.8 Å². The van der Waals surface area contributed by atoms with E-state index in [9.17, 15) is 4.79 Å². The summed E-state index contributed by atoms with van der Waals surface area (Å²) >= 11 is 0. The van der Waals surface area contributed by atoms with Crippen LogP contribution in [0, 0.1) is 0 Å². The summed E-state index contributed by atoms with van der Waals surface area (Å²) in [5, 5.41) is 4.24. The second kappa shape index (κ2) is 7.44. The third-order valence-electron chi connectivity index (χ3n) is 6.42. The first-order valence-corrected chi connectivity index (χ1v) is 10.5. The van der Waals surface area contributed by atoms with Gasteiger partial charge < -0.3 is 10.3 Å². The molecule has 1 fully saturated rings. The summed E-state index contributed by atoms with van der Waals surface area (Å²) in [5.41, 5.74) is 5.66. The second-order valence-electron chi connectivity index (χ2n) is 8.17. The maximum Gasteiger partial charge on any atom is 0.251 e. The highest BCUT2D eigenvalue weighted by Crippen LogP contribution is 2.27. The first-order valence-electron chi connectivity index (χ1n) is 10.5. The van der Waals surface area contributed by atoms with E-state index in [2.05, 4.69) is 45.5 Å². The maximum absolute atomic E-state index is 12.7. The lowest BCUT2D eigenvalue weighted by Crippen LogP contribution is -2.41. The number of aromatic amines is 1. The van der Waals surface area contributed by atoms with Crippen molar-refractivity contribution in [2.75, 3.05) is 13.1 Å². The topological polar surface area (TPSA) is 48.1 Å². The summed E-state index contributed by atoms with van der Waals surface area (Å²) in [6.07, 6.45) is 6.25. The van der Waals surface area contributed by atoms with E-state index >= 15 is 0 Å². The monoisotopic (exact) mass is 373 g/mol.